The number of H-pyrrole nitrogens is 1. The maximum absolute atomic E-state index is 13.1. The molecule has 28 heavy (non-hydrogen) atoms. The minimum atomic E-state index is -0.273. The molecule has 2 aromatic heterocycles. The molecule has 0 aliphatic carbocycles. The van der Waals surface area contributed by atoms with Gasteiger partial charge in [0.2, 0.25) is 5.91 Å². The summed E-state index contributed by atoms with van der Waals surface area (Å²) in [5.41, 5.74) is 3.51. The maximum Gasteiger partial charge on any atom is 0.243 e. The number of hydrogen-bond acceptors (Lipinski definition) is 3. The average Bonchev–Trinajstić information content (AvgIpc) is 3.41. The van der Waals surface area contributed by atoms with Crippen LogP contribution in [0.2, 0.25) is 0 Å². The van der Waals surface area contributed by atoms with Crippen molar-refractivity contribution >= 4 is 11.6 Å². The predicted molar refractivity (Wildman–Crippen MR) is 110 cm³/mol. The van der Waals surface area contributed by atoms with Gasteiger partial charge in [-0.25, -0.2) is 4.98 Å². The molecule has 0 bridgehead atoms. The van der Waals surface area contributed by atoms with E-state index in [9.17, 15) is 4.79 Å². The van der Waals surface area contributed by atoms with Crippen LogP contribution < -0.4 is 10.2 Å². The zero-order chi connectivity index (χ0) is 19.3. The average molecular weight is 377 g/mol. The molecule has 0 unspecified atom stereocenters. The van der Waals surface area contributed by atoms with Crippen LogP contribution in [0.15, 0.2) is 61.3 Å². The van der Waals surface area contributed by atoms with E-state index >= 15 is 0 Å². The number of nitrogens with one attached hydrogen (secondary N) is 2. The normalized spacial score (nSPS) is 16.1. The number of anilines is 1. The van der Waals surface area contributed by atoms with Crippen LogP contribution in [-0.4, -0.2) is 39.6 Å². The van der Waals surface area contributed by atoms with E-state index in [2.05, 4.69) is 51.4 Å². The van der Waals surface area contributed by atoms with Gasteiger partial charge in [-0.3, -0.25) is 4.79 Å². The summed E-state index contributed by atoms with van der Waals surface area (Å²) in [7, 11) is 0. The van der Waals surface area contributed by atoms with E-state index in [0.717, 1.165) is 31.6 Å². The number of aryl methyl sites for hydroxylation is 1. The number of benzene rings is 1. The van der Waals surface area contributed by atoms with Crippen molar-refractivity contribution in [3.63, 3.8) is 0 Å². The highest BCUT2D eigenvalue weighted by molar-refractivity contribution is 5.81. The fourth-order valence-electron chi connectivity index (χ4n) is 3.90. The molecule has 6 heteroatoms. The molecule has 1 aromatic carbocycles. The van der Waals surface area contributed by atoms with Crippen LogP contribution in [0, 0.1) is 6.92 Å². The number of hydrogen-bond donors (Lipinski definition) is 2. The number of amides is 1. The lowest BCUT2D eigenvalue weighted by Gasteiger charge is -2.34. The van der Waals surface area contributed by atoms with Crippen molar-refractivity contribution in [1.29, 1.82) is 0 Å². The van der Waals surface area contributed by atoms with Gasteiger partial charge in [0.1, 0.15) is 6.04 Å². The monoisotopic (exact) mass is 377 g/mol. The van der Waals surface area contributed by atoms with E-state index < -0.39 is 0 Å². The third-order valence-electron chi connectivity index (χ3n) is 5.47. The summed E-state index contributed by atoms with van der Waals surface area (Å²) in [6.07, 6.45) is 9.85. The molecule has 3 aromatic rings. The molecular formula is C22H27N5O. The molecule has 0 spiro atoms. The number of aromatic nitrogens is 3. The van der Waals surface area contributed by atoms with Gasteiger partial charge in [0.25, 0.3) is 0 Å². The Balaban J connectivity index is 1.37. The largest absolute Gasteiger partial charge is 0.371 e. The van der Waals surface area contributed by atoms with Crippen molar-refractivity contribution in [3.8, 4) is 0 Å². The first-order valence-corrected chi connectivity index (χ1v) is 9.91. The number of nitrogens with zero attached hydrogens (tertiary/aromatic N) is 3. The summed E-state index contributed by atoms with van der Waals surface area (Å²) in [6, 6.07) is 12.5. The third kappa shape index (κ3) is 4.27. The molecule has 146 valence electrons. The maximum atomic E-state index is 13.1. The lowest BCUT2D eigenvalue weighted by atomic mass is 10.0. The molecule has 1 amide bonds. The molecule has 0 saturated carbocycles. The van der Waals surface area contributed by atoms with Gasteiger partial charge in [0, 0.05) is 55.5 Å². The van der Waals surface area contributed by atoms with E-state index in [0.29, 0.717) is 6.42 Å². The number of piperidine rings is 1. The molecule has 1 aliphatic heterocycles. The standard InChI is InChI=1S/C22H27N5O/c1-17-5-4-6-20(13-17)26-11-7-18(8-12-26)25-22(28)21(27-9-2-3-10-27)14-19-15-23-16-24-19/h2-6,9-10,13,15-16,18,21H,7-8,11-12,14H2,1H3,(H,23,24)(H,25,28)/t21-/m1/s1. The molecule has 2 N–H and O–H groups in total. The number of imidazole rings is 1. The van der Waals surface area contributed by atoms with E-state index in [1.54, 1.807) is 12.5 Å². The minimum Gasteiger partial charge on any atom is -0.371 e. The number of aromatic amines is 1. The summed E-state index contributed by atoms with van der Waals surface area (Å²) in [5.74, 6) is 0.0693. The van der Waals surface area contributed by atoms with E-state index in [4.69, 9.17) is 0 Å². The van der Waals surface area contributed by atoms with Crippen molar-refractivity contribution in [3.05, 3.63) is 72.6 Å². The number of rotatable bonds is 6. The van der Waals surface area contributed by atoms with E-state index in [1.807, 2.05) is 29.1 Å². The molecule has 0 radical (unpaired) electrons. The summed E-state index contributed by atoms with van der Waals surface area (Å²) in [4.78, 5) is 22.6. The van der Waals surface area contributed by atoms with E-state index in [1.165, 1.54) is 11.3 Å². The first-order valence-electron chi connectivity index (χ1n) is 9.91. The molecule has 4 rings (SSSR count). The van der Waals surface area contributed by atoms with Gasteiger partial charge in [-0.2, -0.15) is 0 Å². The van der Waals surface area contributed by atoms with Gasteiger partial charge in [0.15, 0.2) is 0 Å². The second-order valence-corrected chi connectivity index (χ2v) is 7.54. The van der Waals surface area contributed by atoms with Gasteiger partial charge >= 0.3 is 0 Å². The summed E-state index contributed by atoms with van der Waals surface area (Å²) in [6.45, 7) is 4.05. The third-order valence-corrected chi connectivity index (χ3v) is 5.47. The highest BCUT2D eigenvalue weighted by Crippen LogP contribution is 2.22. The summed E-state index contributed by atoms with van der Waals surface area (Å²) < 4.78 is 1.97. The Kier molecular flexibility index (Phi) is 5.46. The van der Waals surface area contributed by atoms with Crippen LogP contribution in [0.3, 0.4) is 0 Å². The number of carbonyl (C=O) groups is 1. The molecular weight excluding hydrogens is 350 g/mol. The lowest BCUT2D eigenvalue weighted by Crippen LogP contribution is -2.47. The molecule has 6 nitrogen and oxygen atoms in total. The second-order valence-electron chi connectivity index (χ2n) is 7.54. The van der Waals surface area contributed by atoms with Crippen molar-refractivity contribution in [1.82, 2.24) is 19.9 Å². The Bertz CT molecular complexity index is 880. The van der Waals surface area contributed by atoms with Crippen molar-refractivity contribution < 1.29 is 4.79 Å². The van der Waals surface area contributed by atoms with Crippen LogP contribution >= 0.6 is 0 Å². The zero-order valence-corrected chi connectivity index (χ0v) is 16.2. The first kappa shape index (κ1) is 18.3. The van der Waals surface area contributed by atoms with Crippen LogP contribution in [0.5, 0.6) is 0 Å². The topological polar surface area (TPSA) is 66.0 Å². The van der Waals surface area contributed by atoms with Gasteiger partial charge in [-0.15, -0.1) is 0 Å². The van der Waals surface area contributed by atoms with Gasteiger partial charge in [-0.1, -0.05) is 12.1 Å². The van der Waals surface area contributed by atoms with Gasteiger partial charge in [-0.05, 0) is 49.6 Å². The Morgan fingerprint density at radius 1 is 1.25 bits per heavy atom. The van der Waals surface area contributed by atoms with Crippen LogP contribution in [0.1, 0.15) is 30.1 Å². The van der Waals surface area contributed by atoms with Crippen LogP contribution in [0.25, 0.3) is 0 Å². The van der Waals surface area contributed by atoms with Crippen molar-refractivity contribution in [2.24, 2.45) is 0 Å². The first-order chi connectivity index (χ1) is 13.7. The highest BCUT2D eigenvalue weighted by Gasteiger charge is 2.26. The summed E-state index contributed by atoms with van der Waals surface area (Å²) >= 11 is 0. The zero-order valence-electron chi connectivity index (χ0n) is 16.2. The highest BCUT2D eigenvalue weighted by atomic mass is 16.2. The summed E-state index contributed by atoms with van der Waals surface area (Å²) in [5, 5.41) is 3.28. The Labute approximate surface area is 165 Å². The molecule has 1 saturated heterocycles. The Morgan fingerprint density at radius 3 is 2.71 bits per heavy atom. The quantitative estimate of drug-likeness (QED) is 0.694. The fourth-order valence-corrected chi connectivity index (χ4v) is 3.90. The predicted octanol–water partition coefficient (Wildman–Crippen LogP) is 3.09. The molecule has 1 fully saturated rings. The lowest BCUT2D eigenvalue weighted by molar-refractivity contribution is -0.125. The second kappa shape index (κ2) is 8.33. The minimum absolute atomic E-state index is 0.0693. The van der Waals surface area contributed by atoms with Crippen molar-refractivity contribution in [2.45, 2.75) is 38.3 Å². The van der Waals surface area contributed by atoms with Gasteiger partial charge in [0.05, 0.1) is 6.33 Å². The Hall–Kier alpha value is -3.02. The SMILES string of the molecule is Cc1cccc(N2CCC(NC(=O)[C@@H](Cc3cnc[nH]3)n3cccc3)CC2)c1. The van der Waals surface area contributed by atoms with E-state index in [-0.39, 0.29) is 18.0 Å². The number of carbonyl (C=O) groups excluding carboxylic acids is 1. The fraction of sp³-hybridized carbons (Fsp3) is 0.364. The van der Waals surface area contributed by atoms with Crippen molar-refractivity contribution in [2.75, 3.05) is 18.0 Å². The molecule has 3 heterocycles. The smallest absolute Gasteiger partial charge is 0.243 e. The Morgan fingerprint density at radius 2 is 2.04 bits per heavy atom. The van der Waals surface area contributed by atoms with Gasteiger partial charge < -0.3 is 19.8 Å². The van der Waals surface area contributed by atoms with Crippen LogP contribution in [-0.2, 0) is 11.2 Å². The molecule has 1 aliphatic rings. The molecule has 1 atom stereocenters. The van der Waals surface area contributed by atoms with Crippen LogP contribution in [0.4, 0.5) is 5.69 Å².